The van der Waals surface area contributed by atoms with Crippen LogP contribution in [-0.4, -0.2) is 20.9 Å². The Morgan fingerprint density at radius 3 is 2.84 bits per heavy atom. The molecule has 5 nitrogen and oxygen atoms in total. The highest BCUT2D eigenvalue weighted by molar-refractivity contribution is 6.31. The van der Waals surface area contributed by atoms with E-state index in [1.165, 1.54) is 6.07 Å². The molecule has 100 valence electrons. The molecule has 0 bridgehead atoms. The van der Waals surface area contributed by atoms with Crippen molar-refractivity contribution in [3.05, 3.63) is 46.2 Å². The number of carboxylic acids is 1. The molecule has 2 N–H and O–H groups in total. The fraction of sp³-hybridized carbons (Fsp3) is 0.231. The Hall–Kier alpha value is -2.01. The van der Waals surface area contributed by atoms with Crippen LogP contribution in [-0.2, 0) is 13.6 Å². The van der Waals surface area contributed by atoms with E-state index in [0.29, 0.717) is 17.3 Å². The van der Waals surface area contributed by atoms with Crippen LogP contribution in [0.25, 0.3) is 0 Å². The number of nitrogens with one attached hydrogen (secondary N) is 1. The van der Waals surface area contributed by atoms with E-state index in [1.807, 2.05) is 14.0 Å². The van der Waals surface area contributed by atoms with E-state index in [4.69, 9.17) is 16.7 Å². The van der Waals surface area contributed by atoms with E-state index in [0.717, 1.165) is 11.3 Å². The second kappa shape index (κ2) is 5.32. The van der Waals surface area contributed by atoms with E-state index < -0.39 is 5.97 Å². The molecule has 2 rings (SSSR count). The van der Waals surface area contributed by atoms with Crippen molar-refractivity contribution in [3.63, 3.8) is 0 Å². The summed E-state index contributed by atoms with van der Waals surface area (Å²) in [5.41, 5.74) is 2.75. The number of aryl methyl sites for hydroxylation is 1. The number of aromatic carboxylic acids is 1. The molecule has 0 amide bonds. The predicted molar refractivity (Wildman–Crippen MR) is 73.7 cm³/mol. The zero-order valence-corrected chi connectivity index (χ0v) is 11.4. The van der Waals surface area contributed by atoms with Crippen LogP contribution in [0.4, 0.5) is 5.69 Å². The first-order valence-corrected chi connectivity index (χ1v) is 6.11. The Kier molecular flexibility index (Phi) is 3.76. The summed E-state index contributed by atoms with van der Waals surface area (Å²) in [6.07, 6.45) is 1.76. The minimum Gasteiger partial charge on any atom is -0.478 e. The second-order valence-electron chi connectivity index (χ2n) is 4.23. The van der Waals surface area contributed by atoms with Crippen molar-refractivity contribution >= 4 is 23.3 Å². The number of hydrogen-bond acceptors (Lipinski definition) is 3. The average molecular weight is 280 g/mol. The van der Waals surface area contributed by atoms with Gasteiger partial charge in [0.1, 0.15) is 0 Å². The summed E-state index contributed by atoms with van der Waals surface area (Å²) in [4.78, 5) is 11.1. The lowest BCUT2D eigenvalue weighted by molar-refractivity contribution is 0.0698. The van der Waals surface area contributed by atoms with Gasteiger partial charge >= 0.3 is 5.97 Å². The Morgan fingerprint density at radius 1 is 1.53 bits per heavy atom. The van der Waals surface area contributed by atoms with Crippen LogP contribution in [0.15, 0.2) is 24.4 Å². The van der Waals surface area contributed by atoms with Gasteiger partial charge in [0.2, 0.25) is 0 Å². The molecule has 0 unspecified atom stereocenters. The van der Waals surface area contributed by atoms with Gasteiger partial charge in [-0.05, 0) is 25.1 Å². The Bertz CT molecular complexity index is 622. The lowest BCUT2D eigenvalue weighted by atomic mass is 10.1. The third-order valence-electron chi connectivity index (χ3n) is 3.02. The highest BCUT2D eigenvalue weighted by Gasteiger charge is 2.11. The molecule has 0 aliphatic rings. The number of benzene rings is 1. The van der Waals surface area contributed by atoms with Crippen molar-refractivity contribution in [1.29, 1.82) is 0 Å². The topological polar surface area (TPSA) is 67.2 Å². The molecule has 1 heterocycles. The quantitative estimate of drug-likeness (QED) is 0.903. The van der Waals surface area contributed by atoms with Gasteiger partial charge in [0.05, 0.1) is 17.4 Å². The molecule has 0 spiro atoms. The Balaban J connectivity index is 2.21. The van der Waals surface area contributed by atoms with Crippen molar-refractivity contribution < 1.29 is 9.90 Å². The first-order chi connectivity index (χ1) is 8.99. The number of anilines is 1. The van der Waals surface area contributed by atoms with Gasteiger partial charge < -0.3 is 10.4 Å². The standard InChI is InChI=1S/C13H14ClN3O2/c1-8-9(7-16-17(8)2)6-15-12-5-10(14)3-4-11(12)13(18)19/h3-5,7,15H,6H2,1-2H3,(H,18,19). The maximum Gasteiger partial charge on any atom is 0.337 e. The molecule has 0 radical (unpaired) electrons. The van der Waals surface area contributed by atoms with Crippen LogP contribution in [0, 0.1) is 6.92 Å². The maximum absolute atomic E-state index is 11.1. The normalized spacial score (nSPS) is 10.5. The zero-order chi connectivity index (χ0) is 14.0. The molecule has 0 aliphatic heterocycles. The summed E-state index contributed by atoms with van der Waals surface area (Å²) in [6, 6.07) is 4.66. The molecule has 0 atom stereocenters. The summed E-state index contributed by atoms with van der Waals surface area (Å²) in [7, 11) is 1.86. The van der Waals surface area contributed by atoms with Crippen LogP contribution in [0.3, 0.4) is 0 Å². The highest BCUT2D eigenvalue weighted by Crippen LogP contribution is 2.22. The fourth-order valence-electron chi connectivity index (χ4n) is 1.76. The van der Waals surface area contributed by atoms with Crippen LogP contribution in [0.5, 0.6) is 0 Å². The van der Waals surface area contributed by atoms with E-state index in [-0.39, 0.29) is 5.56 Å². The monoisotopic (exact) mass is 279 g/mol. The second-order valence-corrected chi connectivity index (χ2v) is 4.66. The highest BCUT2D eigenvalue weighted by atomic mass is 35.5. The van der Waals surface area contributed by atoms with Crippen molar-refractivity contribution in [2.24, 2.45) is 7.05 Å². The van der Waals surface area contributed by atoms with Gasteiger partial charge in [0, 0.05) is 29.9 Å². The summed E-state index contributed by atoms with van der Waals surface area (Å²) in [5, 5.41) is 16.8. The Morgan fingerprint density at radius 2 is 2.26 bits per heavy atom. The molecule has 0 saturated carbocycles. The lowest BCUT2D eigenvalue weighted by Gasteiger charge is -2.10. The molecular formula is C13H14ClN3O2. The molecule has 1 aromatic carbocycles. The molecule has 0 fully saturated rings. The third-order valence-corrected chi connectivity index (χ3v) is 3.25. The van der Waals surface area contributed by atoms with Crippen LogP contribution < -0.4 is 5.32 Å². The van der Waals surface area contributed by atoms with Gasteiger partial charge in [-0.1, -0.05) is 11.6 Å². The van der Waals surface area contributed by atoms with Gasteiger partial charge in [-0.15, -0.1) is 0 Å². The van der Waals surface area contributed by atoms with Gasteiger partial charge in [-0.25, -0.2) is 4.79 Å². The van der Waals surface area contributed by atoms with Crippen LogP contribution in [0.2, 0.25) is 5.02 Å². The van der Waals surface area contributed by atoms with Crippen molar-refractivity contribution in [2.75, 3.05) is 5.32 Å². The van der Waals surface area contributed by atoms with E-state index in [2.05, 4.69) is 10.4 Å². The van der Waals surface area contributed by atoms with E-state index in [9.17, 15) is 4.79 Å². The largest absolute Gasteiger partial charge is 0.478 e. The number of hydrogen-bond donors (Lipinski definition) is 2. The molecule has 6 heteroatoms. The fourth-order valence-corrected chi connectivity index (χ4v) is 1.93. The smallest absolute Gasteiger partial charge is 0.337 e. The van der Waals surface area contributed by atoms with Crippen molar-refractivity contribution in [2.45, 2.75) is 13.5 Å². The molecule has 0 saturated heterocycles. The SMILES string of the molecule is Cc1c(CNc2cc(Cl)ccc2C(=O)O)cnn1C. The van der Waals surface area contributed by atoms with Gasteiger partial charge in [-0.2, -0.15) is 5.10 Å². The number of carbonyl (C=O) groups is 1. The first-order valence-electron chi connectivity index (χ1n) is 5.73. The van der Waals surface area contributed by atoms with Crippen molar-refractivity contribution in [1.82, 2.24) is 9.78 Å². The predicted octanol–water partition coefficient (Wildman–Crippen LogP) is 2.69. The van der Waals surface area contributed by atoms with Crippen LogP contribution >= 0.6 is 11.6 Å². The van der Waals surface area contributed by atoms with Gasteiger partial charge in [0.15, 0.2) is 0 Å². The number of rotatable bonds is 4. The van der Waals surface area contributed by atoms with E-state index in [1.54, 1.807) is 23.0 Å². The first kappa shape index (κ1) is 13.4. The lowest BCUT2D eigenvalue weighted by Crippen LogP contribution is -2.07. The van der Waals surface area contributed by atoms with E-state index >= 15 is 0 Å². The Labute approximate surface area is 115 Å². The summed E-state index contributed by atoms with van der Waals surface area (Å²) in [5.74, 6) is -0.984. The molecule has 19 heavy (non-hydrogen) atoms. The number of aromatic nitrogens is 2. The minimum absolute atomic E-state index is 0.200. The summed E-state index contributed by atoms with van der Waals surface area (Å²) >= 11 is 5.89. The molecule has 1 aromatic heterocycles. The summed E-state index contributed by atoms with van der Waals surface area (Å²) in [6.45, 7) is 2.46. The number of carboxylic acid groups (broad SMARTS) is 1. The van der Waals surface area contributed by atoms with Crippen molar-refractivity contribution in [3.8, 4) is 0 Å². The molecule has 2 aromatic rings. The third kappa shape index (κ3) is 2.88. The molecule has 0 aliphatic carbocycles. The van der Waals surface area contributed by atoms with Crippen LogP contribution in [0.1, 0.15) is 21.6 Å². The maximum atomic E-state index is 11.1. The summed E-state index contributed by atoms with van der Waals surface area (Å²) < 4.78 is 1.77. The van der Waals surface area contributed by atoms with Gasteiger partial charge in [-0.3, -0.25) is 4.68 Å². The number of nitrogens with zero attached hydrogens (tertiary/aromatic N) is 2. The minimum atomic E-state index is -0.984. The molecular weight excluding hydrogens is 266 g/mol. The average Bonchev–Trinajstić information content (AvgIpc) is 2.67. The zero-order valence-electron chi connectivity index (χ0n) is 10.6. The number of halogens is 1. The van der Waals surface area contributed by atoms with Gasteiger partial charge in [0.25, 0.3) is 0 Å².